The van der Waals surface area contributed by atoms with Crippen LogP contribution in [0.3, 0.4) is 0 Å². The van der Waals surface area contributed by atoms with Gasteiger partial charge in [0.1, 0.15) is 5.76 Å². The molecule has 0 amide bonds. The van der Waals surface area contributed by atoms with Crippen LogP contribution in [0.4, 0.5) is 0 Å². The second-order valence-corrected chi connectivity index (χ2v) is 5.21. The number of nitrogens with zero attached hydrogens (tertiary/aromatic N) is 1. The highest BCUT2D eigenvalue weighted by Crippen LogP contribution is 2.13. The largest absolute Gasteiger partial charge is 0.447 e. The smallest absolute Gasteiger partial charge is 0.286 e. The van der Waals surface area contributed by atoms with Crippen LogP contribution in [0.1, 0.15) is 5.76 Å². The lowest BCUT2D eigenvalue weighted by Crippen LogP contribution is -2.48. The van der Waals surface area contributed by atoms with Crippen molar-refractivity contribution in [3.63, 3.8) is 0 Å². The molecule has 1 aliphatic heterocycles. The van der Waals surface area contributed by atoms with Crippen molar-refractivity contribution in [2.24, 2.45) is 5.73 Å². The van der Waals surface area contributed by atoms with Crippen LogP contribution in [0.15, 0.2) is 21.6 Å². The van der Waals surface area contributed by atoms with Crippen molar-refractivity contribution in [2.45, 2.75) is 11.6 Å². The molecule has 2 heterocycles. The Kier molecular flexibility index (Phi) is 3.79. The van der Waals surface area contributed by atoms with Gasteiger partial charge in [0.05, 0.1) is 19.8 Å². The number of morpholine rings is 1. The molecular formula is C9H15N3O4S. The maximum absolute atomic E-state index is 11.9. The highest BCUT2D eigenvalue weighted by atomic mass is 32.2. The highest BCUT2D eigenvalue weighted by molar-refractivity contribution is 7.89. The lowest BCUT2D eigenvalue weighted by molar-refractivity contribution is 0.0270. The van der Waals surface area contributed by atoms with E-state index in [0.29, 0.717) is 32.1 Å². The summed E-state index contributed by atoms with van der Waals surface area (Å²) in [4.78, 5) is 2.44. The molecule has 7 nitrogen and oxygen atoms in total. The van der Waals surface area contributed by atoms with Crippen molar-refractivity contribution in [2.75, 3.05) is 26.3 Å². The van der Waals surface area contributed by atoms with Crippen molar-refractivity contribution in [1.29, 1.82) is 0 Å². The lowest BCUT2D eigenvalue weighted by atomic mass is 10.5. The first-order valence-electron chi connectivity index (χ1n) is 5.26. The summed E-state index contributed by atoms with van der Waals surface area (Å²) in [7, 11) is -3.65. The highest BCUT2D eigenvalue weighted by Gasteiger charge is 2.23. The van der Waals surface area contributed by atoms with Gasteiger partial charge in [-0.15, -0.1) is 4.83 Å². The lowest BCUT2D eigenvalue weighted by Gasteiger charge is -2.26. The summed E-state index contributed by atoms with van der Waals surface area (Å²) in [5.41, 5.74) is 5.35. The van der Waals surface area contributed by atoms with Gasteiger partial charge in [-0.2, -0.15) is 0 Å². The van der Waals surface area contributed by atoms with Gasteiger partial charge in [-0.3, -0.25) is 0 Å². The van der Waals surface area contributed by atoms with Crippen molar-refractivity contribution in [3.05, 3.63) is 17.9 Å². The van der Waals surface area contributed by atoms with Gasteiger partial charge in [-0.1, -0.05) is 0 Å². The molecule has 0 aliphatic carbocycles. The van der Waals surface area contributed by atoms with Gasteiger partial charge >= 0.3 is 0 Å². The average Bonchev–Trinajstić information content (AvgIpc) is 2.79. The summed E-state index contributed by atoms with van der Waals surface area (Å²) in [6, 6.07) is 2.94. The first-order valence-corrected chi connectivity index (χ1v) is 6.74. The van der Waals surface area contributed by atoms with Gasteiger partial charge < -0.3 is 14.9 Å². The normalized spacial score (nSPS) is 18.4. The predicted octanol–water partition coefficient (Wildman–Crippen LogP) is -0.736. The van der Waals surface area contributed by atoms with E-state index >= 15 is 0 Å². The Morgan fingerprint density at radius 1 is 1.35 bits per heavy atom. The van der Waals surface area contributed by atoms with Gasteiger partial charge in [0, 0.05) is 13.1 Å². The molecule has 0 spiro atoms. The van der Waals surface area contributed by atoms with Crippen LogP contribution in [-0.4, -0.2) is 39.7 Å². The fourth-order valence-corrected chi connectivity index (χ4v) is 2.56. The zero-order valence-electron chi connectivity index (χ0n) is 9.26. The van der Waals surface area contributed by atoms with Gasteiger partial charge in [0.2, 0.25) is 5.09 Å². The third kappa shape index (κ3) is 3.05. The summed E-state index contributed by atoms with van der Waals surface area (Å²) in [6.45, 7) is 2.23. The number of hydrogen-bond donors (Lipinski definition) is 2. The first-order chi connectivity index (χ1) is 8.12. The van der Waals surface area contributed by atoms with Crippen LogP contribution in [-0.2, 0) is 21.3 Å². The van der Waals surface area contributed by atoms with Crippen LogP contribution >= 0.6 is 0 Å². The number of nitrogens with two attached hydrogens (primary N) is 1. The number of ether oxygens (including phenoxy) is 1. The predicted molar refractivity (Wildman–Crippen MR) is 59.3 cm³/mol. The van der Waals surface area contributed by atoms with Crippen LogP contribution in [0.5, 0.6) is 0 Å². The Morgan fingerprint density at radius 3 is 2.65 bits per heavy atom. The molecule has 0 radical (unpaired) electrons. The number of hydrazine groups is 1. The molecule has 1 aromatic heterocycles. The Labute approximate surface area is 99.5 Å². The van der Waals surface area contributed by atoms with E-state index in [1.165, 1.54) is 6.07 Å². The molecule has 96 valence electrons. The first kappa shape index (κ1) is 12.5. The number of nitrogens with one attached hydrogen (secondary N) is 1. The molecule has 1 aliphatic rings. The molecule has 1 saturated heterocycles. The molecule has 0 saturated carbocycles. The SMILES string of the molecule is NCc1ccc(S(=O)(=O)NN2CCOCC2)o1. The van der Waals surface area contributed by atoms with E-state index < -0.39 is 10.0 Å². The van der Waals surface area contributed by atoms with Crippen LogP contribution < -0.4 is 10.6 Å². The molecule has 1 fully saturated rings. The van der Waals surface area contributed by atoms with Gasteiger partial charge in [-0.25, -0.2) is 13.4 Å². The molecule has 2 rings (SSSR count). The second kappa shape index (κ2) is 5.15. The Bertz CT molecular complexity index is 464. The van der Waals surface area contributed by atoms with Crippen molar-refractivity contribution < 1.29 is 17.6 Å². The molecule has 17 heavy (non-hydrogen) atoms. The minimum atomic E-state index is -3.65. The molecule has 0 unspecified atom stereocenters. The Hall–Kier alpha value is -0.930. The minimum absolute atomic E-state index is 0.121. The summed E-state index contributed by atoms with van der Waals surface area (Å²) in [6.07, 6.45) is 0. The van der Waals surface area contributed by atoms with E-state index in [2.05, 4.69) is 4.83 Å². The summed E-state index contributed by atoms with van der Waals surface area (Å²) in [5.74, 6) is 0.437. The van der Waals surface area contributed by atoms with Crippen molar-refractivity contribution in [1.82, 2.24) is 9.84 Å². The average molecular weight is 261 g/mol. The quantitative estimate of drug-likeness (QED) is 0.741. The number of hydrogen-bond acceptors (Lipinski definition) is 6. The molecule has 0 atom stereocenters. The maximum atomic E-state index is 11.9. The molecule has 8 heteroatoms. The third-order valence-electron chi connectivity index (χ3n) is 2.36. The fourth-order valence-electron chi connectivity index (χ4n) is 1.48. The Balaban J connectivity index is 2.07. The molecular weight excluding hydrogens is 246 g/mol. The topological polar surface area (TPSA) is 97.8 Å². The second-order valence-electron chi connectivity index (χ2n) is 3.62. The molecule has 0 aromatic carbocycles. The fraction of sp³-hybridized carbons (Fsp3) is 0.556. The van der Waals surface area contributed by atoms with E-state index in [1.807, 2.05) is 0 Å². The standard InChI is InChI=1S/C9H15N3O4S/c10-7-8-1-2-9(16-8)17(13,14)11-12-3-5-15-6-4-12/h1-2,11H,3-7,10H2. The summed E-state index contributed by atoms with van der Waals surface area (Å²) < 4.78 is 34.0. The van der Waals surface area contributed by atoms with Gasteiger partial charge in [0.25, 0.3) is 10.0 Å². The zero-order chi connectivity index (χ0) is 12.3. The van der Waals surface area contributed by atoms with Crippen molar-refractivity contribution >= 4 is 10.0 Å². The van der Waals surface area contributed by atoms with Gasteiger partial charge in [0.15, 0.2) is 0 Å². The summed E-state index contributed by atoms with van der Waals surface area (Å²) >= 11 is 0. The van der Waals surface area contributed by atoms with Crippen LogP contribution in [0.25, 0.3) is 0 Å². The van der Waals surface area contributed by atoms with Crippen molar-refractivity contribution in [3.8, 4) is 0 Å². The molecule has 1 aromatic rings. The number of sulfonamides is 1. The van der Waals surface area contributed by atoms with E-state index in [4.69, 9.17) is 14.9 Å². The number of furan rings is 1. The zero-order valence-corrected chi connectivity index (χ0v) is 10.1. The third-order valence-corrected chi connectivity index (χ3v) is 3.61. The van der Waals surface area contributed by atoms with E-state index in [1.54, 1.807) is 11.1 Å². The molecule has 0 bridgehead atoms. The maximum Gasteiger partial charge on any atom is 0.286 e. The van der Waals surface area contributed by atoms with Crippen LogP contribution in [0.2, 0.25) is 0 Å². The van der Waals surface area contributed by atoms with Gasteiger partial charge in [-0.05, 0) is 12.1 Å². The Morgan fingerprint density at radius 2 is 2.06 bits per heavy atom. The monoisotopic (exact) mass is 261 g/mol. The van der Waals surface area contributed by atoms with E-state index in [0.717, 1.165) is 0 Å². The van der Waals surface area contributed by atoms with Crippen LogP contribution in [0, 0.1) is 0 Å². The summed E-state index contributed by atoms with van der Waals surface area (Å²) in [5, 5.41) is 1.47. The minimum Gasteiger partial charge on any atom is -0.447 e. The number of rotatable bonds is 4. The van der Waals surface area contributed by atoms with E-state index in [-0.39, 0.29) is 11.6 Å². The molecule has 3 N–H and O–H groups in total. The van der Waals surface area contributed by atoms with E-state index in [9.17, 15) is 8.42 Å².